The molecule has 0 aliphatic carbocycles. The van der Waals surface area contributed by atoms with Gasteiger partial charge in [-0.15, -0.1) is 0 Å². The van der Waals surface area contributed by atoms with E-state index < -0.39 is 0 Å². The van der Waals surface area contributed by atoms with Gasteiger partial charge in [0.25, 0.3) is 0 Å². The molecule has 77 heavy (non-hydrogen) atoms. The SMILES string of the molecule is c1ccc2c(c1)oc1cc(-c3nc(-c4ccc5c(c4)oc4ccccc45)nc(-c4cccc5oc6ccc(-c7ccc8c(c7)c7ccccc7n8-c7ccc(-c8cccc9c8oc8ccccc89)cc7)cc6c45)n3)ccc12. The van der Waals surface area contributed by atoms with Crippen LogP contribution in [-0.4, -0.2) is 19.5 Å². The average Bonchev–Trinajstić information content (AvgIpc) is 4.38. The Morgan fingerprint density at radius 1 is 0.260 bits per heavy atom. The molecule has 11 aromatic carbocycles. The van der Waals surface area contributed by atoms with Gasteiger partial charge in [-0.1, -0.05) is 140 Å². The molecule has 0 aliphatic heterocycles. The maximum absolute atomic E-state index is 6.64. The molecule has 0 amide bonds. The molecule has 0 atom stereocenters. The zero-order valence-electron chi connectivity index (χ0n) is 40.9. The van der Waals surface area contributed by atoms with Crippen molar-refractivity contribution < 1.29 is 17.7 Å². The summed E-state index contributed by atoms with van der Waals surface area (Å²) in [6.07, 6.45) is 0. The van der Waals surface area contributed by atoms with Crippen molar-refractivity contribution in [3.05, 3.63) is 231 Å². The number of fused-ring (bicyclic) bond motifs is 15. The molecule has 0 N–H and O–H groups in total. The van der Waals surface area contributed by atoms with Gasteiger partial charge >= 0.3 is 0 Å². The Morgan fingerprint density at radius 2 is 0.727 bits per heavy atom. The van der Waals surface area contributed by atoms with Crippen LogP contribution in [0.2, 0.25) is 0 Å². The minimum absolute atomic E-state index is 0.520. The van der Waals surface area contributed by atoms with E-state index in [2.05, 4.69) is 162 Å². The summed E-state index contributed by atoms with van der Waals surface area (Å²) in [6, 6.07) is 80.0. The normalized spacial score (nSPS) is 12.2. The highest BCUT2D eigenvalue weighted by atomic mass is 16.3. The van der Waals surface area contributed by atoms with Crippen LogP contribution in [0.3, 0.4) is 0 Å². The second kappa shape index (κ2) is 16.0. The highest BCUT2D eigenvalue weighted by Gasteiger charge is 2.22. The Morgan fingerprint density at radius 3 is 1.43 bits per heavy atom. The van der Waals surface area contributed by atoms with Crippen LogP contribution in [0.4, 0.5) is 0 Å². The molecule has 6 aromatic heterocycles. The lowest BCUT2D eigenvalue weighted by molar-refractivity contribution is 0.668. The van der Waals surface area contributed by atoms with Gasteiger partial charge in [-0.2, -0.15) is 0 Å². The largest absolute Gasteiger partial charge is 0.456 e. The summed E-state index contributed by atoms with van der Waals surface area (Å²) in [4.78, 5) is 15.7. The van der Waals surface area contributed by atoms with Gasteiger partial charge < -0.3 is 22.2 Å². The zero-order chi connectivity index (χ0) is 50.3. The van der Waals surface area contributed by atoms with Crippen LogP contribution in [-0.2, 0) is 0 Å². The first-order chi connectivity index (χ1) is 38.1. The molecule has 8 nitrogen and oxygen atoms in total. The van der Waals surface area contributed by atoms with E-state index in [0.29, 0.717) is 17.5 Å². The molecule has 0 spiro atoms. The molecule has 8 heteroatoms. The van der Waals surface area contributed by atoms with Gasteiger partial charge in [0.15, 0.2) is 17.5 Å². The maximum Gasteiger partial charge on any atom is 0.164 e. The van der Waals surface area contributed by atoms with E-state index in [4.69, 9.17) is 32.6 Å². The summed E-state index contributed by atoms with van der Waals surface area (Å²) in [5.41, 5.74) is 16.6. The second-order valence-corrected chi connectivity index (χ2v) is 19.8. The van der Waals surface area contributed by atoms with E-state index in [9.17, 15) is 0 Å². The summed E-state index contributed by atoms with van der Waals surface area (Å²) >= 11 is 0. The third-order valence-electron chi connectivity index (χ3n) is 15.5. The van der Waals surface area contributed by atoms with Gasteiger partial charge in [-0.25, -0.2) is 15.0 Å². The van der Waals surface area contributed by atoms with Crippen LogP contribution in [0.5, 0.6) is 0 Å². The van der Waals surface area contributed by atoms with Crippen LogP contribution in [0.25, 0.3) is 172 Å². The first-order valence-corrected chi connectivity index (χ1v) is 25.7. The maximum atomic E-state index is 6.64. The van der Waals surface area contributed by atoms with Gasteiger partial charge in [0.2, 0.25) is 0 Å². The van der Waals surface area contributed by atoms with Crippen LogP contribution in [0.15, 0.2) is 248 Å². The minimum Gasteiger partial charge on any atom is -0.456 e. The third-order valence-corrected chi connectivity index (χ3v) is 15.5. The van der Waals surface area contributed by atoms with Crippen molar-refractivity contribution in [3.63, 3.8) is 0 Å². The molecule has 0 saturated carbocycles. The Labute approximate surface area is 437 Å². The van der Waals surface area contributed by atoms with E-state index in [1.165, 1.54) is 10.8 Å². The Balaban J connectivity index is 0.790. The van der Waals surface area contributed by atoms with Crippen LogP contribution in [0.1, 0.15) is 0 Å². The smallest absolute Gasteiger partial charge is 0.164 e. The van der Waals surface area contributed by atoms with Crippen molar-refractivity contribution in [3.8, 4) is 62.1 Å². The van der Waals surface area contributed by atoms with Gasteiger partial charge in [-0.3, -0.25) is 0 Å². The van der Waals surface area contributed by atoms with Crippen LogP contribution in [0, 0.1) is 0 Å². The highest BCUT2D eigenvalue weighted by Crippen LogP contribution is 2.43. The van der Waals surface area contributed by atoms with Crippen LogP contribution < -0.4 is 0 Å². The number of rotatable bonds is 6. The molecule has 0 fully saturated rings. The van der Waals surface area contributed by atoms with E-state index >= 15 is 0 Å². The van der Waals surface area contributed by atoms with Crippen molar-refractivity contribution in [1.82, 2.24) is 19.5 Å². The number of benzene rings is 11. The van der Waals surface area contributed by atoms with Gasteiger partial charge in [0.05, 0.1) is 11.0 Å². The van der Waals surface area contributed by atoms with Gasteiger partial charge in [-0.05, 0) is 108 Å². The zero-order valence-corrected chi connectivity index (χ0v) is 40.9. The number of hydrogen-bond donors (Lipinski definition) is 0. The molecule has 0 radical (unpaired) electrons. The number of para-hydroxylation sites is 5. The molecular formula is C69H38N4O4. The monoisotopic (exact) mass is 986 g/mol. The second-order valence-electron chi connectivity index (χ2n) is 19.8. The summed E-state index contributed by atoms with van der Waals surface area (Å²) in [5.74, 6) is 1.56. The summed E-state index contributed by atoms with van der Waals surface area (Å²) < 4.78 is 28.2. The predicted octanol–water partition coefficient (Wildman–Crippen LogP) is 18.9. The van der Waals surface area contributed by atoms with Crippen molar-refractivity contribution in [2.24, 2.45) is 0 Å². The van der Waals surface area contributed by atoms with E-state index in [1.807, 2.05) is 72.8 Å². The number of nitrogens with zero attached hydrogens (tertiary/aromatic N) is 4. The summed E-state index contributed by atoms with van der Waals surface area (Å²) in [6.45, 7) is 0. The Kier molecular flexibility index (Phi) is 8.68. The van der Waals surface area contributed by atoms with E-state index in [1.54, 1.807) is 0 Å². The highest BCUT2D eigenvalue weighted by molar-refractivity contribution is 6.15. The van der Waals surface area contributed by atoms with Gasteiger partial charge in [0.1, 0.15) is 44.7 Å². The molecule has 17 rings (SSSR count). The molecule has 6 heterocycles. The lowest BCUT2D eigenvalue weighted by Crippen LogP contribution is -2.00. The van der Waals surface area contributed by atoms with Crippen molar-refractivity contribution in [2.45, 2.75) is 0 Å². The van der Waals surface area contributed by atoms with Crippen molar-refractivity contribution in [1.29, 1.82) is 0 Å². The molecule has 0 saturated heterocycles. The summed E-state index contributed by atoms with van der Waals surface area (Å²) in [7, 11) is 0. The fourth-order valence-electron chi connectivity index (χ4n) is 11.9. The molecular weight excluding hydrogens is 949 g/mol. The average molecular weight is 987 g/mol. The molecule has 0 aliphatic rings. The van der Waals surface area contributed by atoms with E-state index in [0.717, 1.165) is 143 Å². The lowest BCUT2D eigenvalue weighted by Gasteiger charge is -2.10. The summed E-state index contributed by atoms with van der Waals surface area (Å²) in [5, 5.41) is 10.7. The van der Waals surface area contributed by atoms with Crippen LogP contribution >= 0.6 is 0 Å². The topological polar surface area (TPSA) is 96.2 Å². The number of aromatic nitrogens is 4. The Bertz CT molecular complexity index is 5170. The number of furan rings is 4. The first-order valence-electron chi connectivity index (χ1n) is 25.7. The third kappa shape index (κ3) is 6.36. The van der Waals surface area contributed by atoms with Gasteiger partial charge in [0, 0.05) is 81.8 Å². The molecule has 0 bridgehead atoms. The minimum atomic E-state index is 0.520. The Hall–Kier alpha value is -10.6. The standard InChI is InChI=1S/C69H38N4O4/c1-5-18-56-46(11-1)54-35-40(27-33-57(54)73(56)44-29-23-39(24-30-44)45-15-9-16-52-49-14-4-8-21-60(49)77-66(45)52)41-28-34-61-55(36-41)65-53(17-10-22-62(65)74-61)69-71-67(42-25-31-50-47-12-2-6-19-58(47)75-63(50)37-42)70-68(72-69)43-26-32-51-48-13-3-7-20-59(48)76-64(51)38-43/h1-38H. The predicted molar refractivity (Wildman–Crippen MR) is 310 cm³/mol. The van der Waals surface area contributed by atoms with Crippen molar-refractivity contribution >= 4 is 110 Å². The quantitative estimate of drug-likeness (QED) is 0.164. The number of hydrogen-bond acceptors (Lipinski definition) is 7. The molecule has 358 valence electrons. The van der Waals surface area contributed by atoms with Crippen molar-refractivity contribution in [2.75, 3.05) is 0 Å². The molecule has 17 aromatic rings. The van der Waals surface area contributed by atoms with E-state index in [-0.39, 0.29) is 0 Å². The molecule has 0 unspecified atom stereocenters. The fourth-order valence-corrected chi connectivity index (χ4v) is 11.9. The fraction of sp³-hybridized carbons (Fsp3) is 0. The lowest BCUT2D eigenvalue weighted by atomic mass is 9.99. The first kappa shape index (κ1) is 41.9.